The molecule has 0 aliphatic carbocycles. The number of rotatable bonds is 0. The van der Waals surface area contributed by atoms with Crippen LogP contribution in [0.4, 0.5) is 4.79 Å². The molecule has 0 aromatic carbocycles. The van der Waals surface area contributed by atoms with Gasteiger partial charge in [-0.3, -0.25) is 0 Å². The van der Waals surface area contributed by atoms with E-state index in [2.05, 4.69) is 5.16 Å². The van der Waals surface area contributed by atoms with Gasteiger partial charge in [-0.1, -0.05) is 0 Å². The molecular weight excluding hydrogens is 224 g/mol. The number of hydrogen-bond donors (Lipinski definition) is 2. The van der Waals surface area contributed by atoms with Gasteiger partial charge in [0.2, 0.25) is 0 Å². The summed E-state index contributed by atoms with van der Waals surface area (Å²) >= 11 is 0. The van der Waals surface area contributed by atoms with Gasteiger partial charge in [-0.25, -0.2) is 4.79 Å². The fourth-order valence-electron chi connectivity index (χ4n) is 1.54. The number of urea groups is 1. The third-order valence-corrected chi connectivity index (χ3v) is 2.34. The lowest BCUT2D eigenvalue weighted by Gasteiger charge is -2.36. The summed E-state index contributed by atoms with van der Waals surface area (Å²) in [5, 5.41) is 12.1. The monoisotopic (exact) mass is 244 g/mol. The summed E-state index contributed by atoms with van der Waals surface area (Å²) in [6, 6.07) is -0.245. The van der Waals surface area contributed by atoms with Crippen molar-refractivity contribution < 1.29 is 14.7 Å². The maximum atomic E-state index is 10.9. The van der Waals surface area contributed by atoms with E-state index in [0.717, 1.165) is 0 Å². The van der Waals surface area contributed by atoms with Gasteiger partial charge in [-0.05, 0) is 25.9 Å². The van der Waals surface area contributed by atoms with Crippen LogP contribution in [0.2, 0.25) is 0 Å². The van der Waals surface area contributed by atoms with Crippen LogP contribution in [0.15, 0.2) is 5.16 Å². The summed E-state index contributed by atoms with van der Waals surface area (Å²) in [6.07, 6.45) is 0. The Morgan fingerprint density at radius 3 is 2.06 bits per heavy atom. The second-order valence-corrected chi connectivity index (χ2v) is 4.91. The van der Waals surface area contributed by atoms with Crippen molar-refractivity contribution in [3.8, 4) is 0 Å². The third kappa shape index (κ3) is 4.01. The Balaban J connectivity index is 2.55. The van der Waals surface area contributed by atoms with E-state index < -0.39 is 11.6 Å². The van der Waals surface area contributed by atoms with Gasteiger partial charge in [0.15, 0.2) is 0 Å². The van der Waals surface area contributed by atoms with Gasteiger partial charge in [0, 0.05) is 26.2 Å². The molecule has 0 saturated carbocycles. The topological polar surface area (TPSA) is 91.4 Å². The standard InChI is InChI=1S/C10H20N4O3/c1-10(2,3)17-9(12-16)14-6-4-13(5-7-14)8(11)15/h16H,4-7H2,1-3H3,(H2,11,15). The molecule has 1 rings (SSSR count). The Morgan fingerprint density at radius 1 is 1.24 bits per heavy atom. The van der Waals surface area contributed by atoms with E-state index in [4.69, 9.17) is 15.7 Å². The number of carbonyl (C=O) groups excluding carboxylic acids is 1. The van der Waals surface area contributed by atoms with Crippen molar-refractivity contribution in [3.63, 3.8) is 0 Å². The molecule has 2 amide bonds. The van der Waals surface area contributed by atoms with E-state index in [9.17, 15) is 4.79 Å². The van der Waals surface area contributed by atoms with E-state index in [1.807, 2.05) is 20.8 Å². The van der Waals surface area contributed by atoms with E-state index in [1.165, 1.54) is 0 Å². The summed E-state index contributed by atoms with van der Waals surface area (Å²) in [7, 11) is 0. The Kier molecular flexibility index (Phi) is 4.03. The van der Waals surface area contributed by atoms with Gasteiger partial charge in [-0.15, -0.1) is 0 Å². The first-order valence-corrected chi connectivity index (χ1v) is 5.54. The van der Waals surface area contributed by atoms with E-state index in [0.29, 0.717) is 26.2 Å². The van der Waals surface area contributed by atoms with Crippen LogP contribution in [0.3, 0.4) is 0 Å². The molecule has 1 aliphatic heterocycles. The third-order valence-electron chi connectivity index (χ3n) is 2.34. The Morgan fingerprint density at radius 2 is 1.71 bits per heavy atom. The number of hydrogen-bond acceptors (Lipinski definition) is 4. The Bertz CT molecular complexity index is 303. The summed E-state index contributed by atoms with van der Waals surface area (Å²) in [6.45, 7) is 7.70. The van der Waals surface area contributed by atoms with Gasteiger partial charge in [0.25, 0.3) is 0 Å². The highest BCUT2D eigenvalue weighted by Gasteiger charge is 2.25. The van der Waals surface area contributed by atoms with Gasteiger partial charge in [0.05, 0.1) is 0 Å². The van der Waals surface area contributed by atoms with Crippen LogP contribution in [-0.2, 0) is 4.74 Å². The average Bonchev–Trinajstić information content (AvgIpc) is 2.25. The molecule has 98 valence electrons. The Hall–Kier alpha value is -1.66. The van der Waals surface area contributed by atoms with Crippen molar-refractivity contribution in [1.82, 2.24) is 9.80 Å². The molecule has 0 aromatic rings. The molecule has 0 aromatic heterocycles. The van der Waals surface area contributed by atoms with Crippen LogP contribution in [-0.4, -0.2) is 58.8 Å². The number of ether oxygens (including phenoxy) is 1. The van der Waals surface area contributed by atoms with Crippen molar-refractivity contribution in [2.45, 2.75) is 26.4 Å². The normalized spacial score (nSPS) is 18.2. The first kappa shape index (κ1) is 13.4. The number of piperazine rings is 1. The number of oxime groups is 1. The van der Waals surface area contributed by atoms with Crippen LogP contribution < -0.4 is 5.73 Å². The lowest BCUT2D eigenvalue weighted by molar-refractivity contribution is 0.0661. The second kappa shape index (κ2) is 5.11. The van der Waals surface area contributed by atoms with Gasteiger partial charge >= 0.3 is 12.1 Å². The van der Waals surface area contributed by atoms with Crippen LogP contribution >= 0.6 is 0 Å². The van der Waals surface area contributed by atoms with Crippen molar-refractivity contribution in [3.05, 3.63) is 0 Å². The largest absolute Gasteiger partial charge is 0.457 e. The maximum absolute atomic E-state index is 10.9. The first-order valence-electron chi connectivity index (χ1n) is 5.54. The number of amidine groups is 1. The van der Waals surface area contributed by atoms with E-state index in [-0.39, 0.29) is 6.02 Å². The van der Waals surface area contributed by atoms with E-state index in [1.54, 1.807) is 9.80 Å². The highest BCUT2D eigenvalue weighted by molar-refractivity contribution is 5.75. The molecule has 3 N–H and O–H groups in total. The maximum Gasteiger partial charge on any atom is 0.327 e. The summed E-state index contributed by atoms with van der Waals surface area (Å²) in [4.78, 5) is 14.3. The molecule has 1 saturated heterocycles. The molecule has 0 spiro atoms. The minimum Gasteiger partial charge on any atom is -0.457 e. The van der Waals surface area contributed by atoms with Crippen LogP contribution in [0.5, 0.6) is 0 Å². The van der Waals surface area contributed by atoms with Crippen molar-refractivity contribution in [2.24, 2.45) is 10.9 Å². The lowest BCUT2D eigenvalue weighted by Crippen LogP contribution is -2.53. The molecule has 7 heteroatoms. The smallest absolute Gasteiger partial charge is 0.327 e. The minimum absolute atomic E-state index is 0.182. The fraction of sp³-hybridized carbons (Fsp3) is 0.800. The Labute approximate surface area is 101 Å². The number of carbonyl (C=O) groups is 1. The molecule has 1 aliphatic rings. The van der Waals surface area contributed by atoms with Gasteiger partial charge in [-0.2, -0.15) is 0 Å². The quantitative estimate of drug-likeness (QED) is 0.276. The number of nitrogens with two attached hydrogens (primary N) is 1. The predicted molar refractivity (Wildman–Crippen MR) is 62.8 cm³/mol. The molecule has 0 bridgehead atoms. The number of amides is 2. The zero-order valence-electron chi connectivity index (χ0n) is 10.5. The van der Waals surface area contributed by atoms with Crippen molar-refractivity contribution in [2.75, 3.05) is 26.2 Å². The number of nitrogens with zero attached hydrogens (tertiary/aromatic N) is 3. The average molecular weight is 244 g/mol. The molecule has 1 fully saturated rings. The zero-order valence-corrected chi connectivity index (χ0v) is 10.5. The van der Waals surface area contributed by atoms with Crippen molar-refractivity contribution in [1.29, 1.82) is 0 Å². The zero-order chi connectivity index (χ0) is 13.1. The minimum atomic E-state index is -0.428. The summed E-state index contributed by atoms with van der Waals surface area (Å²) in [5.74, 6) is 0. The molecule has 0 unspecified atom stereocenters. The fourth-order valence-corrected chi connectivity index (χ4v) is 1.54. The molecule has 0 radical (unpaired) electrons. The molecular formula is C10H20N4O3. The van der Waals surface area contributed by atoms with Crippen LogP contribution in [0, 0.1) is 0 Å². The van der Waals surface area contributed by atoms with Crippen molar-refractivity contribution >= 4 is 12.1 Å². The lowest BCUT2D eigenvalue weighted by atomic mass is 10.2. The molecule has 17 heavy (non-hydrogen) atoms. The SMILES string of the molecule is CC(C)(C)OC(=NO)N1CCN(C(N)=O)CC1. The highest BCUT2D eigenvalue weighted by atomic mass is 16.6. The van der Waals surface area contributed by atoms with E-state index >= 15 is 0 Å². The number of primary amides is 1. The van der Waals surface area contributed by atoms with Crippen LogP contribution in [0.25, 0.3) is 0 Å². The second-order valence-electron chi connectivity index (χ2n) is 4.91. The van der Waals surface area contributed by atoms with Gasteiger partial charge in [0.1, 0.15) is 5.60 Å². The highest BCUT2D eigenvalue weighted by Crippen LogP contribution is 2.11. The van der Waals surface area contributed by atoms with Gasteiger partial charge < -0.3 is 25.5 Å². The summed E-state index contributed by atoms with van der Waals surface area (Å²) in [5.41, 5.74) is 4.75. The van der Waals surface area contributed by atoms with Crippen LogP contribution in [0.1, 0.15) is 20.8 Å². The molecule has 0 atom stereocenters. The predicted octanol–water partition coefficient (Wildman–Crippen LogP) is 0.243. The first-order chi connectivity index (χ1) is 7.83. The molecule has 1 heterocycles. The summed E-state index contributed by atoms with van der Waals surface area (Å²) < 4.78 is 5.51. The molecule has 7 nitrogen and oxygen atoms in total.